The molecule has 9 heteroatoms. The first-order chi connectivity index (χ1) is 13.7. The zero-order valence-electron chi connectivity index (χ0n) is 15.7. The molecule has 0 aliphatic carbocycles. The van der Waals surface area contributed by atoms with Gasteiger partial charge in [0.2, 0.25) is 0 Å². The van der Waals surface area contributed by atoms with Crippen molar-refractivity contribution in [3.8, 4) is 5.69 Å². The van der Waals surface area contributed by atoms with E-state index in [0.717, 1.165) is 4.90 Å². The minimum Gasteiger partial charge on any atom is -0.318 e. The first-order valence-corrected chi connectivity index (χ1v) is 9.01. The number of hydrogen-bond donors (Lipinski definition) is 0. The molecule has 29 heavy (non-hydrogen) atoms. The van der Waals surface area contributed by atoms with Crippen molar-refractivity contribution in [2.75, 3.05) is 13.1 Å². The van der Waals surface area contributed by atoms with Gasteiger partial charge in [0.15, 0.2) is 5.78 Å². The molecule has 1 aliphatic rings. The van der Waals surface area contributed by atoms with Gasteiger partial charge >= 0.3 is 17.8 Å². The molecule has 1 aromatic heterocycles. The minimum absolute atomic E-state index is 0.0584. The van der Waals surface area contributed by atoms with Gasteiger partial charge in [-0.1, -0.05) is 17.7 Å². The Bertz CT molecular complexity index is 1080. The molecule has 2 heterocycles. The van der Waals surface area contributed by atoms with Gasteiger partial charge in [-0.05, 0) is 38.1 Å². The Kier molecular flexibility index (Phi) is 5.39. The second kappa shape index (κ2) is 7.63. The lowest BCUT2D eigenvalue weighted by molar-refractivity contribution is -0.142. The van der Waals surface area contributed by atoms with Gasteiger partial charge in [0.25, 0.3) is 0 Å². The number of carbonyl (C=O) groups is 4. The van der Waals surface area contributed by atoms with Crippen molar-refractivity contribution in [3.63, 3.8) is 0 Å². The zero-order valence-corrected chi connectivity index (χ0v) is 16.5. The molecule has 0 spiro atoms. The van der Waals surface area contributed by atoms with E-state index in [-0.39, 0.29) is 17.1 Å². The monoisotopic (exact) mass is 417 g/mol. The molecule has 3 rings (SSSR count). The summed E-state index contributed by atoms with van der Waals surface area (Å²) in [5, 5.41) is -0.0584. The summed E-state index contributed by atoms with van der Waals surface area (Å²) in [5.41, 5.74) is 2.05. The predicted molar refractivity (Wildman–Crippen MR) is 104 cm³/mol. The molecule has 1 aromatic carbocycles. The molecular formula is C20H17ClFN3O4. The van der Waals surface area contributed by atoms with E-state index in [1.807, 2.05) is 0 Å². The number of halogens is 2. The van der Waals surface area contributed by atoms with Gasteiger partial charge in [-0.3, -0.25) is 19.3 Å². The molecule has 0 N–H and O–H groups in total. The highest BCUT2D eigenvalue weighted by atomic mass is 35.5. The van der Waals surface area contributed by atoms with Gasteiger partial charge < -0.3 is 4.57 Å². The smallest absolute Gasteiger partial charge is 0.318 e. The molecule has 150 valence electrons. The van der Waals surface area contributed by atoms with Crippen LogP contribution in [0.3, 0.4) is 0 Å². The predicted octanol–water partition coefficient (Wildman–Crippen LogP) is 3.05. The second-order valence-corrected chi connectivity index (χ2v) is 6.93. The van der Waals surface area contributed by atoms with Gasteiger partial charge in [0.1, 0.15) is 5.82 Å². The van der Waals surface area contributed by atoms with E-state index in [2.05, 4.69) is 6.58 Å². The van der Waals surface area contributed by atoms with Crippen LogP contribution in [-0.2, 0) is 9.59 Å². The summed E-state index contributed by atoms with van der Waals surface area (Å²) in [6.07, 6.45) is 1.32. The van der Waals surface area contributed by atoms with Crippen LogP contribution in [0.2, 0.25) is 5.02 Å². The number of carbonyl (C=O) groups excluding carboxylic acids is 4. The number of benzene rings is 1. The molecule has 0 saturated carbocycles. The summed E-state index contributed by atoms with van der Waals surface area (Å²) in [5.74, 6) is -3.11. The van der Waals surface area contributed by atoms with Crippen molar-refractivity contribution in [2.45, 2.75) is 13.8 Å². The number of ketones is 1. The van der Waals surface area contributed by atoms with Crippen molar-refractivity contribution in [1.29, 1.82) is 0 Å². The number of nitrogens with zero attached hydrogens (tertiary/aromatic N) is 3. The van der Waals surface area contributed by atoms with E-state index < -0.39 is 36.0 Å². The molecule has 0 bridgehead atoms. The minimum atomic E-state index is -1.05. The number of amides is 4. The fourth-order valence-electron chi connectivity index (χ4n) is 3.28. The average Bonchev–Trinajstić information content (AvgIpc) is 3.08. The Morgan fingerprint density at radius 1 is 1.14 bits per heavy atom. The Morgan fingerprint density at radius 3 is 2.41 bits per heavy atom. The van der Waals surface area contributed by atoms with Gasteiger partial charge in [-0.15, -0.1) is 6.58 Å². The number of aromatic nitrogens is 1. The van der Waals surface area contributed by atoms with Crippen molar-refractivity contribution >= 4 is 35.2 Å². The van der Waals surface area contributed by atoms with E-state index in [4.69, 9.17) is 11.6 Å². The van der Waals surface area contributed by atoms with Crippen LogP contribution in [0, 0.1) is 19.7 Å². The van der Waals surface area contributed by atoms with E-state index in [1.54, 1.807) is 24.5 Å². The summed E-state index contributed by atoms with van der Waals surface area (Å²) in [7, 11) is 0. The van der Waals surface area contributed by atoms with Crippen LogP contribution in [-0.4, -0.2) is 51.1 Å². The molecule has 1 saturated heterocycles. The maximum absolute atomic E-state index is 13.5. The Balaban J connectivity index is 1.90. The first-order valence-electron chi connectivity index (χ1n) is 8.63. The van der Waals surface area contributed by atoms with Gasteiger partial charge in [0.05, 0.1) is 11.6 Å². The average molecular weight is 418 g/mol. The Morgan fingerprint density at radius 2 is 1.79 bits per heavy atom. The topological polar surface area (TPSA) is 79.7 Å². The van der Waals surface area contributed by atoms with Crippen LogP contribution in [0.5, 0.6) is 0 Å². The molecule has 1 fully saturated rings. The molecule has 0 unspecified atom stereocenters. The number of rotatable bonds is 6. The van der Waals surface area contributed by atoms with Gasteiger partial charge in [-0.2, -0.15) is 0 Å². The molecule has 1 aliphatic heterocycles. The first kappa shape index (κ1) is 20.5. The highest BCUT2D eigenvalue weighted by Crippen LogP contribution is 2.25. The van der Waals surface area contributed by atoms with Crippen molar-refractivity contribution in [1.82, 2.24) is 14.4 Å². The van der Waals surface area contributed by atoms with Gasteiger partial charge in [-0.25, -0.2) is 14.1 Å². The maximum atomic E-state index is 13.5. The summed E-state index contributed by atoms with van der Waals surface area (Å²) >= 11 is 5.86. The number of urea groups is 1. The maximum Gasteiger partial charge on any atom is 0.334 e. The van der Waals surface area contributed by atoms with Crippen LogP contribution in [0.15, 0.2) is 36.9 Å². The van der Waals surface area contributed by atoms with Crippen molar-refractivity contribution in [3.05, 3.63) is 64.7 Å². The lowest BCUT2D eigenvalue weighted by Gasteiger charge is -2.14. The van der Waals surface area contributed by atoms with E-state index in [1.165, 1.54) is 24.3 Å². The van der Waals surface area contributed by atoms with Crippen LogP contribution < -0.4 is 0 Å². The normalized spacial score (nSPS) is 14.1. The lowest BCUT2D eigenvalue weighted by Crippen LogP contribution is -2.37. The van der Waals surface area contributed by atoms with Crippen molar-refractivity contribution in [2.24, 2.45) is 0 Å². The van der Waals surface area contributed by atoms with Crippen LogP contribution >= 0.6 is 11.6 Å². The zero-order chi connectivity index (χ0) is 21.5. The standard InChI is InChI=1S/C20H17ClFN3O4/c1-4-7-23-18(27)19(28)24(20(23)29)10-17(26)14-8-11(2)25(12(14)3)13-5-6-16(22)15(21)9-13/h4-6,8-9H,1,7,10H2,2-3H3. The molecule has 0 radical (unpaired) electrons. The fraction of sp³-hybridized carbons (Fsp3) is 0.200. The molecular weight excluding hydrogens is 401 g/mol. The largest absolute Gasteiger partial charge is 0.334 e. The molecule has 4 amide bonds. The van der Waals surface area contributed by atoms with Crippen LogP contribution in [0.1, 0.15) is 21.7 Å². The third-order valence-corrected chi connectivity index (χ3v) is 4.93. The highest BCUT2D eigenvalue weighted by molar-refractivity contribution is 6.45. The summed E-state index contributed by atoms with van der Waals surface area (Å²) < 4.78 is 15.2. The summed E-state index contributed by atoms with van der Waals surface area (Å²) in [6.45, 7) is 6.19. The third-order valence-electron chi connectivity index (χ3n) is 4.64. The van der Waals surface area contributed by atoms with Gasteiger partial charge in [0, 0.05) is 29.2 Å². The third kappa shape index (κ3) is 3.47. The van der Waals surface area contributed by atoms with E-state index in [9.17, 15) is 23.6 Å². The number of Topliss-reactive ketones (excluding diaryl/α,β-unsaturated/α-hetero) is 1. The summed E-state index contributed by atoms with van der Waals surface area (Å²) in [4.78, 5) is 50.4. The number of hydrogen-bond acceptors (Lipinski definition) is 4. The fourth-order valence-corrected chi connectivity index (χ4v) is 3.45. The number of aryl methyl sites for hydroxylation is 1. The van der Waals surface area contributed by atoms with E-state index >= 15 is 0 Å². The van der Waals surface area contributed by atoms with E-state index in [0.29, 0.717) is 22.0 Å². The quantitative estimate of drug-likeness (QED) is 0.313. The molecule has 2 aromatic rings. The number of imide groups is 2. The van der Waals surface area contributed by atoms with Crippen LogP contribution in [0.4, 0.5) is 9.18 Å². The lowest BCUT2D eigenvalue weighted by atomic mass is 10.1. The molecule has 7 nitrogen and oxygen atoms in total. The highest BCUT2D eigenvalue weighted by Gasteiger charge is 2.44. The van der Waals surface area contributed by atoms with Crippen LogP contribution in [0.25, 0.3) is 5.69 Å². The second-order valence-electron chi connectivity index (χ2n) is 6.52. The summed E-state index contributed by atoms with van der Waals surface area (Å²) in [6, 6.07) is 4.93. The molecule has 0 atom stereocenters. The Hall–Kier alpha value is -3.26. The van der Waals surface area contributed by atoms with Crippen molar-refractivity contribution < 1.29 is 23.6 Å². The SMILES string of the molecule is C=CCN1C(=O)C(=O)N(CC(=O)c2cc(C)n(-c3ccc(F)c(Cl)c3)c2C)C1=O. The Labute approximate surface area is 170 Å².